The second-order valence-corrected chi connectivity index (χ2v) is 1.61. The zero-order chi connectivity index (χ0) is 6.57. The number of nitrogens with zero attached hydrogens (tertiary/aromatic N) is 2. The first kappa shape index (κ1) is 7.20. The molecule has 8 heavy (non-hydrogen) atoms. The normalized spacial score (nSPS) is 12.8. The summed E-state index contributed by atoms with van der Waals surface area (Å²) in [6.45, 7) is 3.57. The maximum atomic E-state index is 9.61. The highest BCUT2D eigenvalue weighted by atomic mass is 16.7. The predicted molar refractivity (Wildman–Crippen MR) is 30.1 cm³/mol. The van der Waals surface area contributed by atoms with Crippen LogP contribution < -0.4 is 0 Å². The minimum absolute atomic E-state index is 0.148. The highest BCUT2D eigenvalue weighted by Gasteiger charge is 1.87. The van der Waals surface area contributed by atoms with Gasteiger partial charge in [-0.15, -0.1) is 0 Å². The average molecular weight is 117 g/mol. The van der Waals surface area contributed by atoms with E-state index in [0.29, 0.717) is 0 Å². The van der Waals surface area contributed by atoms with E-state index in [1.54, 1.807) is 6.92 Å². The quantitative estimate of drug-likeness (QED) is 0.413. The van der Waals surface area contributed by atoms with Crippen molar-refractivity contribution in [3.8, 4) is 0 Å². The third-order valence-electron chi connectivity index (χ3n) is 0.882. The van der Waals surface area contributed by atoms with Crippen molar-refractivity contribution in [1.29, 1.82) is 0 Å². The van der Waals surface area contributed by atoms with E-state index in [0.717, 1.165) is 6.42 Å². The first-order valence-electron chi connectivity index (χ1n) is 2.52. The van der Waals surface area contributed by atoms with Crippen molar-refractivity contribution in [2.24, 2.45) is 0 Å². The van der Waals surface area contributed by atoms with Gasteiger partial charge in [0.1, 0.15) is 0 Å². The Kier molecular flexibility index (Phi) is 2.91. The van der Waals surface area contributed by atoms with E-state index >= 15 is 0 Å². The Morgan fingerprint density at radius 1 is 1.88 bits per heavy atom. The van der Waals surface area contributed by atoms with Crippen molar-refractivity contribution in [3.63, 3.8) is 0 Å². The van der Waals surface area contributed by atoms with E-state index < -0.39 is 5.03 Å². The standard InChI is InChI=1S/C4H9N2O2/c1-3-4(2)5-6(7)8/h4H,3H2,1-2H3/q-1/t4-/m0/s1. The van der Waals surface area contributed by atoms with Gasteiger partial charge < -0.3 is 5.43 Å². The molecule has 0 radical (unpaired) electrons. The topological polar surface area (TPSA) is 57.2 Å². The van der Waals surface area contributed by atoms with Crippen LogP contribution in [0.1, 0.15) is 20.3 Å². The van der Waals surface area contributed by atoms with E-state index in [4.69, 9.17) is 0 Å². The van der Waals surface area contributed by atoms with Gasteiger partial charge in [-0.1, -0.05) is 26.3 Å². The summed E-state index contributed by atoms with van der Waals surface area (Å²) in [5.74, 6) is 0. The molecule has 0 aliphatic carbocycles. The smallest absolute Gasteiger partial charge is 0.0124 e. The first-order valence-corrected chi connectivity index (χ1v) is 2.52. The fourth-order valence-corrected chi connectivity index (χ4v) is 0.243. The zero-order valence-corrected chi connectivity index (χ0v) is 5.00. The van der Waals surface area contributed by atoms with Crippen molar-refractivity contribution in [1.82, 2.24) is 0 Å². The lowest BCUT2D eigenvalue weighted by molar-refractivity contribution is -0.430. The van der Waals surface area contributed by atoms with Gasteiger partial charge in [0.05, 0.1) is 0 Å². The summed E-state index contributed by atoms with van der Waals surface area (Å²) >= 11 is 0. The van der Waals surface area contributed by atoms with E-state index in [1.807, 2.05) is 6.92 Å². The molecule has 0 rings (SSSR count). The van der Waals surface area contributed by atoms with Gasteiger partial charge in [0.15, 0.2) is 0 Å². The molecule has 0 aromatic heterocycles. The van der Waals surface area contributed by atoms with Gasteiger partial charge in [0.25, 0.3) is 0 Å². The molecule has 0 fully saturated rings. The summed E-state index contributed by atoms with van der Waals surface area (Å²) < 4.78 is 0. The molecular weight excluding hydrogens is 108 g/mol. The summed E-state index contributed by atoms with van der Waals surface area (Å²) in [6, 6.07) is -0.148. The molecule has 48 valence electrons. The number of rotatable bonds is 3. The molecule has 4 heteroatoms. The molecule has 0 amide bonds. The molecule has 0 aromatic rings. The molecule has 0 spiro atoms. The second kappa shape index (κ2) is 3.23. The molecule has 0 aliphatic heterocycles. The summed E-state index contributed by atoms with van der Waals surface area (Å²) in [5, 5.41) is 8.96. The summed E-state index contributed by atoms with van der Waals surface area (Å²) in [4.78, 5) is 9.61. The molecule has 0 N–H and O–H groups in total. The third-order valence-corrected chi connectivity index (χ3v) is 0.882. The van der Waals surface area contributed by atoms with Gasteiger partial charge in [0, 0.05) is 0 Å². The van der Waals surface area contributed by atoms with Crippen molar-refractivity contribution in [3.05, 3.63) is 15.5 Å². The van der Waals surface area contributed by atoms with Crippen molar-refractivity contribution >= 4 is 0 Å². The third kappa shape index (κ3) is 3.39. The van der Waals surface area contributed by atoms with Crippen LogP contribution in [0, 0.1) is 10.1 Å². The van der Waals surface area contributed by atoms with E-state index in [-0.39, 0.29) is 6.04 Å². The van der Waals surface area contributed by atoms with Crippen molar-refractivity contribution in [2.75, 3.05) is 0 Å². The Hall–Kier alpha value is -0.800. The molecule has 0 bridgehead atoms. The minimum atomic E-state index is -0.645. The molecule has 0 saturated carbocycles. The van der Waals surface area contributed by atoms with E-state index in [2.05, 4.69) is 5.43 Å². The van der Waals surface area contributed by atoms with Crippen LogP contribution in [-0.4, -0.2) is 11.1 Å². The number of hydrogen-bond donors (Lipinski definition) is 0. The molecule has 1 atom stereocenters. The largest absolute Gasteiger partial charge is 0.376 e. The Bertz CT molecular complexity index is 84.1. The van der Waals surface area contributed by atoms with Crippen LogP contribution in [-0.2, 0) is 0 Å². The molecule has 0 aliphatic rings. The molecule has 0 unspecified atom stereocenters. The maximum absolute atomic E-state index is 9.61. The fraction of sp³-hybridized carbons (Fsp3) is 1.00. The van der Waals surface area contributed by atoms with E-state index in [9.17, 15) is 10.1 Å². The van der Waals surface area contributed by atoms with Crippen molar-refractivity contribution < 1.29 is 5.03 Å². The lowest BCUT2D eigenvalue weighted by atomic mass is 10.3. The van der Waals surface area contributed by atoms with Crippen LogP contribution in [0.4, 0.5) is 0 Å². The van der Waals surface area contributed by atoms with Crippen LogP contribution in [0.15, 0.2) is 0 Å². The first-order chi connectivity index (χ1) is 3.66. The van der Waals surface area contributed by atoms with Crippen molar-refractivity contribution in [2.45, 2.75) is 26.3 Å². The Morgan fingerprint density at radius 2 is 2.38 bits per heavy atom. The zero-order valence-electron chi connectivity index (χ0n) is 5.00. The second-order valence-electron chi connectivity index (χ2n) is 1.61. The average Bonchev–Trinajstić information content (AvgIpc) is 1.65. The highest BCUT2D eigenvalue weighted by Crippen LogP contribution is 2.01. The van der Waals surface area contributed by atoms with Crippen LogP contribution in [0.3, 0.4) is 0 Å². The highest BCUT2D eigenvalue weighted by molar-refractivity contribution is 4.71. The van der Waals surface area contributed by atoms with Crippen LogP contribution in [0.25, 0.3) is 5.43 Å². The summed E-state index contributed by atoms with van der Waals surface area (Å²) in [7, 11) is 0. The summed E-state index contributed by atoms with van der Waals surface area (Å²) in [6.07, 6.45) is 0.723. The van der Waals surface area contributed by atoms with Gasteiger partial charge >= 0.3 is 0 Å². The maximum Gasteiger partial charge on any atom is -0.0124 e. The SMILES string of the molecule is CC[C@H](C)[N-][N+](=O)[O-]. The van der Waals surface area contributed by atoms with Crippen LogP contribution in [0.2, 0.25) is 0 Å². The van der Waals surface area contributed by atoms with Crippen LogP contribution >= 0.6 is 0 Å². The van der Waals surface area contributed by atoms with Gasteiger partial charge in [-0.2, -0.15) is 0 Å². The number of nitro groups is 1. The van der Waals surface area contributed by atoms with Gasteiger partial charge in [-0.05, 0) is 5.03 Å². The Labute approximate surface area is 48.0 Å². The lowest BCUT2D eigenvalue weighted by Gasteiger charge is -2.15. The summed E-state index contributed by atoms with van der Waals surface area (Å²) in [5.41, 5.74) is 3.12. The molecule has 0 aromatic carbocycles. The van der Waals surface area contributed by atoms with E-state index in [1.165, 1.54) is 0 Å². The predicted octanol–water partition coefficient (Wildman–Crippen LogP) is 1.35. The van der Waals surface area contributed by atoms with Gasteiger partial charge in [-0.3, -0.25) is 10.1 Å². The Morgan fingerprint density at radius 3 is 2.50 bits per heavy atom. The molecule has 0 heterocycles. The lowest BCUT2D eigenvalue weighted by Crippen LogP contribution is -2.03. The molecule has 0 saturated heterocycles. The molecular formula is C4H9N2O2-. The fourth-order valence-electron chi connectivity index (χ4n) is 0.243. The van der Waals surface area contributed by atoms with Gasteiger partial charge in [0.2, 0.25) is 0 Å². The Balaban J connectivity index is 3.24. The monoisotopic (exact) mass is 117 g/mol. The molecule has 4 nitrogen and oxygen atoms in total. The van der Waals surface area contributed by atoms with Crippen LogP contribution in [0.5, 0.6) is 0 Å². The minimum Gasteiger partial charge on any atom is -0.376 e. The van der Waals surface area contributed by atoms with Gasteiger partial charge in [-0.25, -0.2) is 0 Å². The number of hydrogen-bond acceptors (Lipinski definition) is 2.